The molecule has 0 saturated carbocycles. The van der Waals surface area contributed by atoms with E-state index in [1.165, 1.54) is 30.3 Å². The van der Waals surface area contributed by atoms with Crippen LogP contribution in [0.4, 0.5) is 0 Å². The average Bonchev–Trinajstić information content (AvgIpc) is 2.61. The lowest BCUT2D eigenvalue weighted by atomic mass is 10.2. The molecule has 0 amide bonds. The molecular weight excluding hydrogens is 384 g/mol. The summed E-state index contributed by atoms with van der Waals surface area (Å²) in [5, 5.41) is 0. The van der Waals surface area contributed by atoms with E-state index in [9.17, 15) is 18.0 Å². The van der Waals surface area contributed by atoms with Gasteiger partial charge in [-0.1, -0.05) is 12.1 Å². The maximum Gasteiger partial charge on any atom is 0.344 e. The van der Waals surface area contributed by atoms with Crippen molar-refractivity contribution in [2.75, 3.05) is 6.61 Å². The minimum Gasteiger partial charge on any atom is -0.460 e. The van der Waals surface area contributed by atoms with Crippen LogP contribution in [0.3, 0.4) is 0 Å². The summed E-state index contributed by atoms with van der Waals surface area (Å²) < 4.78 is 39.9. The van der Waals surface area contributed by atoms with E-state index < -0.39 is 28.7 Å². The van der Waals surface area contributed by atoms with Gasteiger partial charge in [0, 0.05) is 0 Å². The summed E-state index contributed by atoms with van der Waals surface area (Å²) >= 11 is 0. The van der Waals surface area contributed by atoms with Gasteiger partial charge in [0.2, 0.25) is 0 Å². The van der Waals surface area contributed by atoms with Gasteiger partial charge in [-0.25, -0.2) is 9.59 Å². The average molecular weight is 406 g/mol. The van der Waals surface area contributed by atoms with E-state index in [0.717, 1.165) is 5.56 Å². The molecule has 0 heterocycles. The second kappa shape index (κ2) is 8.88. The van der Waals surface area contributed by atoms with Gasteiger partial charge < -0.3 is 13.7 Å². The van der Waals surface area contributed by atoms with Crippen molar-refractivity contribution in [1.82, 2.24) is 0 Å². The van der Waals surface area contributed by atoms with Crippen LogP contribution in [0, 0.1) is 13.8 Å². The first-order chi connectivity index (χ1) is 13.1. The molecule has 0 bridgehead atoms. The number of carbonyl (C=O) groups is 2. The zero-order valence-corrected chi connectivity index (χ0v) is 16.9. The van der Waals surface area contributed by atoms with Crippen LogP contribution in [-0.4, -0.2) is 33.1 Å². The van der Waals surface area contributed by atoms with Crippen molar-refractivity contribution in [3.63, 3.8) is 0 Å². The van der Waals surface area contributed by atoms with Crippen molar-refractivity contribution >= 4 is 22.1 Å². The third-order valence-electron chi connectivity index (χ3n) is 3.60. The minimum atomic E-state index is -4.01. The molecule has 0 saturated heterocycles. The maximum absolute atomic E-state index is 12.5. The van der Waals surface area contributed by atoms with Crippen LogP contribution in [0.5, 0.6) is 5.75 Å². The first-order valence-electron chi connectivity index (χ1n) is 8.57. The van der Waals surface area contributed by atoms with Gasteiger partial charge in [-0.15, -0.1) is 0 Å². The van der Waals surface area contributed by atoms with E-state index in [1.807, 2.05) is 6.07 Å². The number of esters is 2. The van der Waals surface area contributed by atoms with Crippen LogP contribution >= 0.6 is 0 Å². The molecule has 150 valence electrons. The molecule has 0 radical (unpaired) electrons. The molecule has 2 aromatic carbocycles. The van der Waals surface area contributed by atoms with Crippen molar-refractivity contribution in [2.24, 2.45) is 0 Å². The number of hydrogen-bond acceptors (Lipinski definition) is 7. The van der Waals surface area contributed by atoms with E-state index in [0.29, 0.717) is 5.56 Å². The molecule has 0 aliphatic rings. The Morgan fingerprint density at radius 2 is 1.64 bits per heavy atom. The fourth-order valence-electron chi connectivity index (χ4n) is 2.30. The van der Waals surface area contributed by atoms with Crippen molar-refractivity contribution < 1.29 is 31.7 Å². The third kappa shape index (κ3) is 5.82. The van der Waals surface area contributed by atoms with E-state index in [2.05, 4.69) is 0 Å². The lowest BCUT2D eigenvalue weighted by Gasteiger charge is -2.11. The van der Waals surface area contributed by atoms with Crippen LogP contribution in [-0.2, 0) is 24.4 Å². The Bertz CT molecular complexity index is 961. The van der Waals surface area contributed by atoms with Crippen molar-refractivity contribution in [2.45, 2.75) is 38.7 Å². The number of hydrogen-bond donors (Lipinski definition) is 0. The van der Waals surface area contributed by atoms with Gasteiger partial charge in [-0.2, -0.15) is 8.42 Å². The fraction of sp³-hybridized carbons (Fsp3) is 0.300. The largest absolute Gasteiger partial charge is 0.460 e. The summed E-state index contributed by atoms with van der Waals surface area (Å²) in [6.07, 6.45) is -0.304. The summed E-state index contributed by atoms with van der Waals surface area (Å²) in [7, 11) is -4.01. The zero-order valence-electron chi connectivity index (χ0n) is 16.1. The second-order valence-electron chi connectivity index (χ2n) is 6.45. The molecule has 0 unspecified atom stereocenters. The summed E-state index contributed by atoms with van der Waals surface area (Å²) in [6.45, 7) is 6.33. The van der Waals surface area contributed by atoms with Crippen LogP contribution in [0.25, 0.3) is 0 Å². The summed E-state index contributed by atoms with van der Waals surface area (Å²) in [6, 6.07) is 10.4. The number of rotatable bonds is 7. The molecule has 0 atom stereocenters. The molecule has 7 nitrogen and oxygen atoms in total. The van der Waals surface area contributed by atoms with Crippen LogP contribution < -0.4 is 4.18 Å². The normalized spacial score (nSPS) is 11.2. The topological polar surface area (TPSA) is 96.0 Å². The minimum absolute atomic E-state index is 0.0525. The van der Waals surface area contributed by atoms with E-state index in [1.54, 1.807) is 33.8 Å². The molecule has 0 fully saturated rings. The Balaban J connectivity index is 2.05. The Kier molecular flexibility index (Phi) is 6.80. The zero-order chi connectivity index (χ0) is 20.9. The van der Waals surface area contributed by atoms with Crippen LogP contribution in [0.15, 0.2) is 47.4 Å². The van der Waals surface area contributed by atoms with Gasteiger partial charge in [0.1, 0.15) is 10.6 Å². The predicted molar refractivity (Wildman–Crippen MR) is 102 cm³/mol. The monoisotopic (exact) mass is 406 g/mol. The molecular formula is C20H22O7S. The number of benzene rings is 2. The Labute approximate surface area is 164 Å². The molecule has 0 N–H and O–H groups in total. The highest BCUT2D eigenvalue weighted by atomic mass is 32.2. The van der Waals surface area contributed by atoms with Gasteiger partial charge in [0.25, 0.3) is 0 Å². The summed E-state index contributed by atoms with van der Waals surface area (Å²) in [4.78, 5) is 23.4. The van der Waals surface area contributed by atoms with Crippen molar-refractivity contribution in [3.8, 4) is 5.75 Å². The molecule has 0 aromatic heterocycles. The Morgan fingerprint density at radius 1 is 1.00 bits per heavy atom. The highest BCUT2D eigenvalue weighted by molar-refractivity contribution is 7.87. The lowest BCUT2D eigenvalue weighted by molar-refractivity contribution is -0.150. The quantitative estimate of drug-likeness (QED) is 0.515. The van der Waals surface area contributed by atoms with Crippen molar-refractivity contribution in [3.05, 3.63) is 59.2 Å². The van der Waals surface area contributed by atoms with Gasteiger partial charge in [-0.05, 0) is 69.2 Å². The van der Waals surface area contributed by atoms with Gasteiger partial charge in [0.15, 0.2) is 6.61 Å². The molecule has 8 heteroatoms. The molecule has 2 rings (SSSR count). The number of carbonyl (C=O) groups excluding carboxylic acids is 2. The standard InChI is InChI=1S/C20H22O7S/c1-13(2)26-19(21)12-25-20(22)16-7-9-17(10-8-16)27-28(23,24)18-11-14(3)5-6-15(18)4/h5-11,13H,12H2,1-4H3. The Hall–Kier alpha value is -2.87. The highest BCUT2D eigenvalue weighted by Crippen LogP contribution is 2.23. The number of aryl methyl sites for hydroxylation is 2. The van der Waals surface area contributed by atoms with E-state index in [4.69, 9.17) is 13.7 Å². The third-order valence-corrected chi connectivity index (χ3v) is 4.99. The van der Waals surface area contributed by atoms with Gasteiger partial charge >= 0.3 is 22.1 Å². The molecule has 2 aromatic rings. The fourth-order valence-corrected chi connectivity index (χ4v) is 3.55. The van der Waals surface area contributed by atoms with Crippen molar-refractivity contribution in [1.29, 1.82) is 0 Å². The predicted octanol–water partition coefficient (Wildman–Crippen LogP) is 3.18. The van der Waals surface area contributed by atoms with Gasteiger partial charge in [-0.3, -0.25) is 0 Å². The second-order valence-corrected chi connectivity index (χ2v) is 7.96. The first-order valence-corrected chi connectivity index (χ1v) is 9.98. The first kappa shape index (κ1) is 21.4. The number of ether oxygens (including phenoxy) is 2. The summed E-state index contributed by atoms with van der Waals surface area (Å²) in [5.41, 5.74) is 1.51. The smallest absolute Gasteiger partial charge is 0.344 e. The Morgan fingerprint density at radius 3 is 2.25 bits per heavy atom. The lowest BCUT2D eigenvalue weighted by Crippen LogP contribution is -2.19. The van der Waals surface area contributed by atoms with Crippen LogP contribution in [0.1, 0.15) is 35.3 Å². The molecule has 0 aliphatic heterocycles. The van der Waals surface area contributed by atoms with Gasteiger partial charge in [0.05, 0.1) is 11.7 Å². The van der Waals surface area contributed by atoms with E-state index in [-0.39, 0.29) is 22.3 Å². The molecule has 0 aliphatic carbocycles. The highest BCUT2D eigenvalue weighted by Gasteiger charge is 2.20. The summed E-state index contributed by atoms with van der Waals surface area (Å²) in [5.74, 6) is -1.33. The molecule has 28 heavy (non-hydrogen) atoms. The van der Waals surface area contributed by atoms with E-state index >= 15 is 0 Å². The van der Waals surface area contributed by atoms with Crippen LogP contribution in [0.2, 0.25) is 0 Å². The SMILES string of the molecule is Cc1ccc(C)c(S(=O)(=O)Oc2ccc(C(=O)OCC(=O)OC(C)C)cc2)c1. The molecule has 0 spiro atoms. The maximum atomic E-state index is 12.5.